The fourth-order valence-electron chi connectivity index (χ4n) is 0.462. The van der Waals surface area contributed by atoms with Crippen LogP contribution in [0, 0.1) is 0 Å². The maximum atomic E-state index is 2.19. The molecular weight excluding hydrogens is 233 g/mol. The van der Waals surface area contributed by atoms with E-state index in [9.17, 15) is 0 Å². The van der Waals surface area contributed by atoms with Crippen LogP contribution in [0.2, 0.25) is 0 Å². The van der Waals surface area contributed by atoms with E-state index < -0.39 is 0 Å². The molecule has 0 spiro atoms. The van der Waals surface area contributed by atoms with E-state index in [-0.39, 0.29) is 24.0 Å². The summed E-state index contributed by atoms with van der Waals surface area (Å²) in [6.45, 7) is 2.19. The average Bonchev–Trinajstić information content (AvgIpc) is 1.91. The second-order valence-corrected chi connectivity index (χ2v) is 2.91. The van der Waals surface area contributed by atoms with Crippen molar-refractivity contribution in [3.05, 3.63) is 11.6 Å². The third-order valence-corrected chi connectivity index (χ3v) is 2.15. The Labute approximate surface area is 71.5 Å². The third kappa shape index (κ3) is 1.85. The van der Waals surface area contributed by atoms with E-state index in [0.717, 1.165) is 0 Å². The lowest BCUT2D eigenvalue weighted by atomic mass is 10.6. The number of halogens is 1. The van der Waals surface area contributed by atoms with Gasteiger partial charge in [0.2, 0.25) is 0 Å². The van der Waals surface area contributed by atoms with Crippen molar-refractivity contribution in [2.24, 2.45) is 0 Å². The van der Waals surface area contributed by atoms with Gasteiger partial charge in [-0.25, -0.2) is 0 Å². The van der Waals surface area contributed by atoms with Gasteiger partial charge in [-0.3, -0.25) is 0 Å². The monoisotopic (exact) mass is 243 g/mol. The number of nitrogens with zero attached hydrogens (tertiary/aromatic N) is 1. The molecule has 1 aliphatic heterocycles. The molecule has 0 amide bonds. The molecule has 1 aliphatic rings. The molecule has 1 unspecified atom stereocenters. The lowest BCUT2D eigenvalue weighted by molar-refractivity contribution is 0.460. The van der Waals surface area contributed by atoms with Crippen molar-refractivity contribution in [3.8, 4) is 0 Å². The molecule has 0 aliphatic carbocycles. The summed E-state index contributed by atoms with van der Waals surface area (Å²) in [4.78, 5) is 2.19. The summed E-state index contributed by atoms with van der Waals surface area (Å²) >= 11 is 1.85. The summed E-state index contributed by atoms with van der Waals surface area (Å²) < 4.78 is 0. The minimum Gasteiger partial charge on any atom is -0.368 e. The molecule has 1 nitrogen and oxygen atoms in total. The maximum absolute atomic E-state index is 2.19. The van der Waals surface area contributed by atoms with E-state index in [1.54, 1.807) is 0 Å². The smallest absolute Gasteiger partial charge is 0.0754 e. The highest BCUT2D eigenvalue weighted by Gasteiger charge is 2.07. The van der Waals surface area contributed by atoms with E-state index in [1.807, 2.05) is 11.8 Å². The standard InChI is InChI=1S/C5H9NS.HI/c1-5-6(2)3-4-7-5;/h3-5H,1-2H3;1H. The molecular formula is C5H10INS. The minimum atomic E-state index is 0. The molecule has 48 valence electrons. The first kappa shape index (κ1) is 8.62. The summed E-state index contributed by atoms with van der Waals surface area (Å²) in [6.07, 6.45) is 2.09. The van der Waals surface area contributed by atoms with Gasteiger partial charge in [-0.05, 0) is 12.3 Å². The summed E-state index contributed by atoms with van der Waals surface area (Å²) in [5, 5.41) is 2.77. The van der Waals surface area contributed by atoms with Crippen LogP contribution in [0.4, 0.5) is 0 Å². The van der Waals surface area contributed by atoms with Crippen molar-refractivity contribution in [2.45, 2.75) is 12.3 Å². The zero-order chi connectivity index (χ0) is 5.28. The topological polar surface area (TPSA) is 3.24 Å². The second-order valence-electron chi connectivity index (χ2n) is 1.69. The summed E-state index contributed by atoms with van der Waals surface area (Å²) in [5.41, 5.74) is 0. The summed E-state index contributed by atoms with van der Waals surface area (Å²) in [6, 6.07) is 0. The van der Waals surface area contributed by atoms with Gasteiger partial charge in [-0.2, -0.15) is 0 Å². The molecule has 0 saturated carbocycles. The molecule has 0 saturated heterocycles. The first-order valence-corrected chi connectivity index (χ1v) is 3.29. The van der Waals surface area contributed by atoms with Gasteiger partial charge in [0.1, 0.15) is 0 Å². The van der Waals surface area contributed by atoms with Crippen LogP contribution in [0.25, 0.3) is 0 Å². The van der Waals surface area contributed by atoms with Crippen molar-refractivity contribution in [2.75, 3.05) is 7.05 Å². The maximum Gasteiger partial charge on any atom is 0.0754 e. The van der Waals surface area contributed by atoms with Gasteiger partial charge < -0.3 is 4.90 Å². The number of rotatable bonds is 0. The Bertz CT molecular complexity index is 94.4. The van der Waals surface area contributed by atoms with Crippen molar-refractivity contribution in [1.82, 2.24) is 4.90 Å². The van der Waals surface area contributed by atoms with Gasteiger partial charge in [0.05, 0.1) is 5.37 Å². The SMILES string of the molecule is CC1SC=CN1C.I. The van der Waals surface area contributed by atoms with Crippen LogP contribution in [-0.4, -0.2) is 17.3 Å². The van der Waals surface area contributed by atoms with Gasteiger partial charge in [0, 0.05) is 13.2 Å². The highest BCUT2D eigenvalue weighted by atomic mass is 127. The van der Waals surface area contributed by atoms with Crippen LogP contribution in [0.15, 0.2) is 11.6 Å². The number of hydrogen-bond donors (Lipinski definition) is 0. The van der Waals surface area contributed by atoms with Crippen LogP contribution in [0.5, 0.6) is 0 Å². The van der Waals surface area contributed by atoms with E-state index in [0.29, 0.717) is 5.37 Å². The van der Waals surface area contributed by atoms with Gasteiger partial charge in [-0.15, -0.1) is 35.7 Å². The Morgan fingerprint density at radius 3 is 2.38 bits per heavy atom. The van der Waals surface area contributed by atoms with Crippen LogP contribution >= 0.6 is 35.7 Å². The Hall–Kier alpha value is 0.620. The zero-order valence-electron chi connectivity index (χ0n) is 5.00. The third-order valence-electron chi connectivity index (χ3n) is 1.15. The Morgan fingerprint density at radius 1 is 1.62 bits per heavy atom. The van der Waals surface area contributed by atoms with Crippen molar-refractivity contribution in [1.29, 1.82) is 0 Å². The predicted molar refractivity (Wildman–Crippen MR) is 49.4 cm³/mol. The molecule has 0 aromatic rings. The van der Waals surface area contributed by atoms with Gasteiger partial charge >= 0.3 is 0 Å². The van der Waals surface area contributed by atoms with Crippen LogP contribution in [0.1, 0.15) is 6.92 Å². The van der Waals surface area contributed by atoms with Gasteiger partial charge in [0.15, 0.2) is 0 Å². The Kier molecular flexibility index (Phi) is 3.89. The van der Waals surface area contributed by atoms with Crippen molar-refractivity contribution in [3.63, 3.8) is 0 Å². The predicted octanol–water partition coefficient (Wildman–Crippen LogP) is 2.10. The molecule has 1 heterocycles. The molecule has 0 radical (unpaired) electrons. The summed E-state index contributed by atoms with van der Waals surface area (Å²) in [5.74, 6) is 0. The van der Waals surface area contributed by atoms with Crippen LogP contribution in [-0.2, 0) is 0 Å². The fourth-order valence-corrected chi connectivity index (χ4v) is 1.21. The molecule has 0 N–H and O–H groups in total. The molecule has 0 fully saturated rings. The van der Waals surface area contributed by atoms with E-state index in [4.69, 9.17) is 0 Å². The Morgan fingerprint density at radius 2 is 2.25 bits per heavy atom. The molecule has 3 heteroatoms. The lowest BCUT2D eigenvalue weighted by Gasteiger charge is -2.12. The Balaban J connectivity index is 0.000000490. The average molecular weight is 243 g/mol. The van der Waals surface area contributed by atoms with Crippen molar-refractivity contribution >= 4 is 35.7 Å². The van der Waals surface area contributed by atoms with Gasteiger partial charge in [-0.1, -0.05) is 0 Å². The first-order chi connectivity index (χ1) is 3.30. The van der Waals surface area contributed by atoms with Crippen molar-refractivity contribution < 1.29 is 0 Å². The number of thioether (sulfide) groups is 1. The van der Waals surface area contributed by atoms with E-state index in [2.05, 4.69) is 30.5 Å². The van der Waals surface area contributed by atoms with E-state index in [1.165, 1.54) is 0 Å². The second kappa shape index (κ2) is 3.61. The molecule has 1 atom stereocenters. The summed E-state index contributed by atoms with van der Waals surface area (Å²) in [7, 11) is 2.08. The number of hydrogen-bond acceptors (Lipinski definition) is 2. The van der Waals surface area contributed by atoms with Gasteiger partial charge in [0.25, 0.3) is 0 Å². The molecule has 0 aromatic carbocycles. The molecule has 8 heavy (non-hydrogen) atoms. The molecule has 1 rings (SSSR count). The van der Waals surface area contributed by atoms with E-state index >= 15 is 0 Å². The lowest BCUT2D eigenvalue weighted by Crippen LogP contribution is -2.14. The first-order valence-electron chi connectivity index (χ1n) is 2.35. The fraction of sp³-hybridized carbons (Fsp3) is 0.600. The highest BCUT2D eigenvalue weighted by Crippen LogP contribution is 2.21. The molecule has 0 aromatic heterocycles. The molecule has 0 bridgehead atoms. The quantitative estimate of drug-likeness (QED) is 0.599. The largest absolute Gasteiger partial charge is 0.368 e. The van der Waals surface area contributed by atoms with Crippen LogP contribution in [0.3, 0.4) is 0 Å². The minimum absolute atomic E-state index is 0. The highest BCUT2D eigenvalue weighted by molar-refractivity contribution is 14.0. The normalized spacial score (nSPS) is 25.8. The van der Waals surface area contributed by atoms with Crippen LogP contribution < -0.4 is 0 Å². The zero-order valence-corrected chi connectivity index (χ0v) is 8.14.